The molecule has 1 amide bonds. The minimum atomic E-state index is -0.215. The van der Waals surface area contributed by atoms with E-state index in [9.17, 15) is 4.79 Å². The number of carbonyl (C=O) groups is 1. The highest BCUT2D eigenvalue weighted by molar-refractivity contribution is 9.10. The summed E-state index contributed by atoms with van der Waals surface area (Å²) in [7, 11) is 0. The summed E-state index contributed by atoms with van der Waals surface area (Å²) in [6, 6.07) is 1.76. The topological polar surface area (TPSA) is 50.4 Å². The fourth-order valence-corrected chi connectivity index (χ4v) is 2.91. The van der Waals surface area contributed by atoms with Crippen molar-refractivity contribution in [1.29, 1.82) is 0 Å². The van der Waals surface area contributed by atoms with Gasteiger partial charge in [-0.3, -0.25) is 4.79 Å². The summed E-state index contributed by atoms with van der Waals surface area (Å²) < 4.78 is 6.28. The average Bonchev–Trinajstić information content (AvgIpc) is 2.73. The molecule has 1 aromatic rings. The molecule has 1 aliphatic rings. The van der Waals surface area contributed by atoms with Crippen LogP contribution in [0.2, 0.25) is 0 Å². The van der Waals surface area contributed by atoms with Gasteiger partial charge < -0.3 is 15.4 Å². The Hall–Kier alpha value is -0.140. The number of hydrogen-bond donors (Lipinski definition) is 2. The van der Waals surface area contributed by atoms with Gasteiger partial charge in [0, 0.05) is 15.9 Å². The molecule has 1 fully saturated rings. The van der Waals surface area contributed by atoms with E-state index < -0.39 is 0 Å². The molecule has 2 rings (SSSR count). The molecule has 0 aliphatic carbocycles. The van der Waals surface area contributed by atoms with Gasteiger partial charge in [0.15, 0.2) is 0 Å². The van der Waals surface area contributed by atoms with Crippen LogP contribution in [-0.2, 0) is 16.1 Å². The quantitative estimate of drug-likeness (QED) is 0.877. The van der Waals surface area contributed by atoms with E-state index in [4.69, 9.17) is 4.74 Å². The van der Waals surface area contributed by atoms with Crippen molar-refractivity contribution in [2.24, 2.45) is 0 Å². The highest BCUT2D eigenvalue weighted by atomic mass is 79.9. The Morgan fingerprint density at radius 2 is 2.53 bits per heavy atom. The van der Waals surface area contributed by atoms with Gasteiger partial charge in [-0.05, 0) is 27.4 Å². The van der Waals surface area contributed by atoms with E-state index in [1.807, 2.05) is 11.4 Å². The van der Waals surface area contributed by atoms with Crippen molar-refractivity contribution in [1.82, 2.24) is 10.6 Å². The van der Waals surface area contributed by atoms with Gasteiger partial charge in [-0.2, -0.15) is 0 Å². The van der Waals surface area contributed by atoms with Gasteiger partial charge in [0.25, 0.3) is 0 Å². The minimum absolute atomic E-state index is 0. The monoisotopic (exact) mass is 340 g/mol. The molecule has 17 heavy (non-hydrogen) atoms. The average molecular weight is 342 g/mol. The maximum absolute atomic E-state index is 11.7. The van der Waals surface area contributed by atoms with Crippen molar-refractivity contribution in [2.75, 3.05) is 19.8 Å². The molecule has 7 heteroatoms. The maximum atomic E-state index is 11.7. The van der Waals surface area contributed by atoms with Gasteiger partial charge in [0.05, 0.1) is 19.8 Å². The van der Waals surface area contributed by atoms with Crippen LogP contribution in [0.15, 0.2) is 15.9 Å². The molecular formula is C10H14BrClN2O2S. The smallest absolute Gasteiger partial charge is 0.239 e. The number of hydrogen-bond acceptors (Lipinski definition) is 4. The summed E-state index contributed by atoms with van der Waals surface area (Å²) in [4.78, 5) is 12.9. The first kappa shape index (κ1) is 14.9. The van der Waals surface area contributed by atoms with Crippen LogP contribution in [0.3, 0.4) is 0 Å². The SMILES string of the molecule is Cl.O=C(NCc1sccc1Br)C1COCCN1. The number of rotatable bonds is 3. The number of carbonyl (C=O) groups excluding carboxylic acids is 1. The normalized spacial score (nSPS) is 19.5. The van der Waals surface area contributed by atoms with E-state index in [1.165, 1.54) is 0 Å². The number of morpholine rings is 1. The van der Waals surface area contributed by atoms with Crippen LogP contribution >= 0.6 is 39.7 Å². The van der Waals surface area contributed by atoms with Gasteiger partial charge in [0.1, 0.15) is 6.04 Å². The third kappa shape index (κ3) is 4.22. The molecule has 2 N–H and O–H groups in total. The Morgan fingerprint density at radius 3 is 3.12 bits per heavy atom. The molecular weight excluding hydrogens is 328 g/mol. The number of ether oxygens (including phenoxy) is 1. The Kier molecular flexibility index (Phi) is 6.43. The molecule has 0 aromatic carbocycles. The van der Waals surface area contributed by atoms with Crippen molar-refractivity contribution >= 4 is 45.6 Å². The lowest BCUT2D eigenvalue weighted by Gasteiger charge is -2.22. The van der Waals surface area contributed by atoms with Crippen LogP contribution < -0.4 is 10.6 Å². The molecule has 1 saturated heterocycles. The lowest BCUT2D eigenvalue weighted by atomic mass is 10.2. The Labute approximate surface area is 119 Å². The third-order valence-electron chi connectivity index (χ3n) is 2.35. The molecule has 0 bridgehead atoms. The van der Waals surface area contributed by atoms with Gasteiger partial charge in [0.2, 0.25) is 5.91 Å². The van der Waals surface area contributed by atoms with E-state index in [0.29, 0.717) is 19.8 Å². The van der Waals surface area contributed by atoms with Crippen molar-refractivity contribution in [3.63, 3.8) is 0 Å². The van der Waals surface area contributed by atoms with Crippen molar-refractivity contribution in [3.05, 3.63) is 20.8 Å². The summed E-state index contributed by atoms with van der Waals surface area (Å²) in [5.41, 5.74) is 0. The van der Waals surface area contributed by atoms with Gasteiger partial charge in [-0.15, -0.1) is 23.7 Å². The Morgan fingerprint density at radius 1 is 1.71 bits per heavy atom. The van der Waals surface area contributed by atoms with Crippen molar-refractivity contribution in [3.8, 4) is 0 Å². The van der Waals surface area contributed by atoms with Gasteiger partial charge >= 0.3 is 0 Å². The standard InChI is InChI=1S/C10H13BrN2O2S.ClH/c11-7-1-4-16-9(7)5-13-10(14)8-6-15-3-2-12-8;/h1,4,8,12H,2-3,5-6H2,(H,13,14);1H. The van der Waals surface area contributed by atoms with Crippen LogP contribution in [0.25, 0.3) is 0 Å². The highest BCUT2D eigenvalue weighted by Crippen LogP contribution is 2.22. The first-order valence-electron chi connectivity index (χ1n) is 5.08. The molecule has 1 aliphatic heterocycles. The summed E-state index contributed by atoms with van der Waals surface area (Å²) in [6.07, 6.45) is 0. The van der Waals surface area contributed by atoms with Crippen LogP contribution in [0, 0.1) is 0 Å². The van der Waals surface area contributed by atoms with Crippen molar-refractivity contribution < 1.29 is 9.53 Å². The zero-order valence-corrected chi connectivity index (χ0v) is 12.3. The molecule has 1 unspecified atom stereocenters. The first-order chi connectivity index (χ1) is 7.77. The summed E-state index contributed by atoms with van der Waals surface area (Å²) >= 11 is 5.06. The van der Waals surface area contributed by atoms with Gasteiger partial charge in [-0.1, -0.05) is 0 Å². The van der Waals surface area contributed by atoms with E-state index >= 15 is 0 Å². The molecule has 0 radical (unpaired) electrons. The van der Waals surface area contributed by atoms with Gasteiger partial charge in [-0.25, -0.2) is 0 Å². The minimum Gasteiger partial charge on any atom is -0.378 e. The molecule has 1 atom stereocenters. The second kappa shape index (κ2) is 7.33. The maximum Gasteiger partial charge on any atom is 0.239 e. The predicted molar refractivity (Wildman–Crippen MR) is 73.7 cm³/mol. The zero-order valence-electron chi connectivity index (χ0n) is 9.07. The Balaban J connectivity index is 0.00000144. The number of nitrogens with one attached hydrogen (secondary N) is 2. The first-order valence-corrected chi connectivity index (χ1v) is 6.75. The summed E-state index contributed by atoms with van der Waals surface area (Å²) in [6.45, 7) is 2.44. The lowest BCUT2D eigenvalue weighted by molar-refractivity contribution is -0.126. The van der Waals surface area contributed by atoms with Crippen LogP contribution in [0.4, 0.5) is 0 Å². The molecule has 2 heterocycles. The summed E-state index contributed by atoms with van der Waals surface area (Å²) in [5, 5.41) is 8.01. The number of halogens is 2. The number of amides is 1. The second-order valence-corrected chi connectivity index (χ2v) is 5.35. The molecule has 96 valence electrons. The molecule has 0 saturated carbocycles. The molecule has 4 nitrogen and oxygen atoms in total. The highest BCUT2D eigenvalue weighted by Gasteiger charge is 2.20. The molecule has 0 spiro atoms. The largest absolute Gasteiger partial charge is 0.378 e. The lowest BCUT2D eigenvalue weighted by Crippen LogP contribution is -2.50. The fourth-order valence-electron chi connectivity index (χ4n) is 1.48. The van der Waals surface area contributed by atoms with Crippen LogP contribution in [0.5, 0.6) is 0 Å². The third-order valence-corrected chi connectivity index (χ3v) is 4.28. The van der Waals surface area contributed by atoms with E-state index in [2.05, 4.69) is 26.6 Å². The van der Waals surface area contributed by atoms with E-state index in [1.54, 1.807) is 11.3 Å². The predicted octanol–water partition coefficient (Wildman–Crippen LogP) is 1.54. The second-order valence-electron chi connectivity index (χ2n) is 3.49. The fraction of sp³-hybridized carbons (Fsp3) is 0.500. The van der Waals surface area contributed by atoms with E-state index in [-0.39, 0.29) is 24.4 Å². The molecule has 1 aromatic heterocycles. The van der Waals surface area contributed by atoms with Crippen LogP contribution in [0.1, 0.15) is 4.88 Å². The van der Waals surface area contributed by atoms with Crippen LogP contribution in [-0.4, -0.2) is 31.7 Å². The summed E-state index contributed by atoms with van der Waals surface area (Å²) in [5.74, 6) is 0.000000000000000444. The number of thiophene rings is 1. The Bertz CT molecular complexity index is 369. The van der Waals surface area contributed by atoms with E-state index in [0.717, 1.165) is 15.9 Å². The zero-order chi connectivity index (χ0) is 11.4. The van der Waals surface area contributed by atoms with Crippen molar-refractivity contribution in [2.45, 2.75) is 12.6 Å².